The molecule has 0 saturated carbocycles. The molecule has 5 nitrogen and oxygen atoms in total. The molecular formula is C17H16N4OS. The van der Waals surface area contributed by atoms with Gasteiger partial charge in [0.15, 0.2) is 0 Å². The van der Waals surface area contributed by atoms with Crippen LogP contribution in [0.15, 0.2) is 42.9 Å². The summed E-state index contributed by atoms with van der Waals surface area (Å²) in [6, 6.07) is 7.35. The molecule has 0 N–H and O–H groups in total. The van der Waals surface area contributed by atoms with E-state index >= 15 is 0 Å². The Balaban J connectivity index is 1.92. The number of thiazole rings is 1. The first-order valence-corrected chi connectivity index (χ1v) is 7.96. The Morgan fingerprint density at radius 3 is 2.74 bits per heavy atom. The number of nitrogens with zero attached hydrogens (tertiary/aromatic N) is 4. The first kappa shape index (κ1) is 15.3. The fraction of sp³-hybridized carbons (Fsp3) is 0.176. The van der Waals surface area contributed by atoms with Gasteiger partial charge in [0.1, 0.15) is 10.0 Å². The lowest BCUT2D eigenvalue weighted by Gasteiger charge is -2.15. The van der Waals surface area contributed by atoms with Crippen molar-refractivity contribution in [2.24, 2.45) is 0 Å². The summed E-state index contributed by atoms with van der Waals surface area (Å²) in [5, 5.41) is 1.69. The van der Waals surface area contributed by atoms with E-state index in [0.717, 1.165) is 27.0 Å². The Morgan fingerprint density at radius 1 is 1.22 bits per heavy atom. The van der Waals surface area contributed by atoms with Gasteiger partial charge in [0, 0.05) is 42.5 Å². The van der Waals surface area contributed by atoms with Crippen molar-refractivity contribution in [2.45, 2.75) is 13.8 Å². The van der Waals surface area contributed by atoms with Crippen LogP contribution in [0.25, 0.3) is 10.6 Å². The standard InChI is InChI=1S/C17H16N4OS/c1-11-9-13(6-8-19-11)16(22)21(3)17-12(2)20-15(23-17)14-5-4-7-18-10-14/h4-10H,1-3H3. The Kier molecular flexibility index (Phi) is 4.16. The van der Waals surface area contributed by atoms with E-state index in [2.05, 4.69) is 15.0 Å². The van der Waals surface area contributed by atoms with Gasteiger partial charge >= 0.3 is 0 Å². The maximum absolute atomic E-state index is 12.7. The summed E-state index contributed by atoms with van der Waals surface area (Å²) in [5.41, 5.74) is 3.22. The van der Waals surface area contributed by atoms with E-state index in [-0.39, 0.29) is 5.91 Å². The van der Waals surface area contributed by atoms with Crippen LogP contribution in [0, 0.1) is 13.8 Å². The predicted octanol–water partition coefficient (Wildman–Crippen LogP) is 3.49. The van der Waals surface area contributed by atoms with Gasteiger partial charge in [-0.3, -0.25) is 14.8 Å². The van der Waals surface area contributed by atoms with Gasteiger partial charge in [-0.25, -0.2) is 4.98 Å². The maximum Gasteiger partial charge on any atom is 0.258 e. The molecule has 0 saturated heterocycles. The predicted molar refractivity (Wildman–Crippen MR) is 91.8 cm³/mol. The highest BCUT2D eigenvalue weighted by Crippen LogP contribution is 2.34. The Bertz CT molecular complexity index is 845. The second-order valence-electron chi connectivity index (χ2n) is 5.20. The largest absolute Gasteiger partial charge is 0.301 e. The number of hydrogen-bond donors (Lipinski definition) is 0. The summed E-state index contributed by atoms with van der Waals surface area (Å²) in [5.74, 6) is -0.0695. The van der Waals surface area contributed by atoms with E-state index in [1.54, 1.807) is 42.7 Å². The fourth-order valence-corrected chi connectivity index (χ4v) is 3.29. The van der Waals surface area contributed by atoms with Crippen molar-refractivity contribution in [1.29, 1.82) is 0 Å². The molecule has 6 heteroatoms. The van der Waals surface area contributed by atoms with E-state index in [0.29, 0.717) is 5.56 Å². The molecule has 0 radical (unpaired) electrons. The Morgan fingerprint density at radius 2 is 2.04 bits per heavy atom. The minimum atomic E-state index is -0.0695. The molecule has 3 aromatic rings. The lowest BCUT2D eigenvalue weighted by atomic mass is 10.2. The SMILES string of the molecule is Cc1cc(C(=O)N(C)c2sc(-c3cccnc3)nc2C)ccn1. The molecule has 0 bridgehead atoms. The first-order valence-electron chi connectivity index (χ1n) is 7.15. The van der Waals surface area contributed by atoms with Crippen molar-refractivity contribution in [3.63, 3.8) is 0 Å². The summed E-state index contributed by atoms with van der Waals surface area (Å²) in [7, 11) is 1.77. The number of anilines is 1. The van der Waals surface area contributed by atoms with E-state index in [9.17, 15) is 4.79 Å². The average Bonchev–Trinajstić information content (AvgIpc) is 2.96. The monoisotopic (exact) mass is 324 g/mol. The van der Waals surface area contributed by atoms with Gasteiger partial charge in [0.2, 0.25) is 0 Å². The Hall–Kier alpha value is -2.60. The van der Waals surface area contributed by atoms with Crippen LogP contribution >= 0.6 is 11.3 Å². The van der Waals surface area contributed by atoms with Gasteiger partial charge in [0.05, 0.1) is 5.69 Å². The molecule has 3 rings (SSSR count). The van der Waals surface area contributed by atoms with E-state index in [4.69, 9.17) is 0 Å². The van der Waals surface area contributed by atoms with Crippen LogP contribution in [0.3, 0.4) is 0 Å². The molecule has 0 aliphatic rings. The van der Waals surface area contributed by atoms with Gasteiger partial charge in [-0.15, -0.1) is 0 Å². The zero-order chi connectivity index (χ0) is 16.4. The third-order valence-electron chi connectivity index (χ3n) is 3.43. The third kappa shape index (κ3) is 3.12. The highest BCUT2D eigenvalue weighted by Gasteiger charge is 2.19. The lowest BCUT2D eigenvalue weighted by Crippen LogP contribution is -2.26. The summed E-state index contributed by atoms with van der Waals surface area (Å²) >= 11 is 1.49. The van der Waals surface area contributed by atoms with Crippen LogP contribution in [0.1, 0.15) is 21.7 Å². The van der Waals surface area contributed by atoms with E-state index in [1.165, 1.54) is 11.3 Å². The molecule has 1 amide bonds. The van der Waals surface area contributed by atoms with Gasteiger partial charge in [0.25, 0.3) is 5.91 Å². The van der Waals surface area contributed by atoms with Crippen molar-refractivity contribution in [3.8, 4) is 10.6 Å². The zero-order valence-corrected chi connectivity index (χ0v) is 14.0. The number of rotatable bonds is 3. The maximum atomic E-state index is 12.7. The third-order valence-corrected chi connectivity index (χ3v) is 4.72. The molecule has 3 heterocycles. The minimum Gasteiger partial charge on any atom is -0.301 e. The number of aryl methyl sites for hydroxylation is 2. The number of carbonyl (C=O) groups is 1. The summed E-state index contributed by atoms with van der Waals surface area (Å²) in [4.78, 5) is 27.1. The van der Waals surface area contributed by atoms with Gasteiger partial charge in [-0.2, -0.15) is 0 Å². The zero-order valence-electron chi connectivity index (χ0n) is 13.1. The topological polar surface area (TPSA) is 59.0 Å². The molecule has 0 atom stereocenters. The average molecular weight is 324 g/mol. The van der Waals surface area contributed by atoms with Crippen LogP contribution in [0.5, 0.6) is 0 Å². The Labute approximate surface area is 138 Å². The molecule has 23 heavy (non-hydrogen) atoms. The molecule has 0 spiro atoms. The molecule has 116 valence electrons. The quantitative estimate of drug-likeness (QED) is 0.740. The number of hydrogen-bond acceptors (Lipinski definition) is 5. The van der Waals surface area contributed by atoms with E-state index < -0.39 is 0 Å². The smallest absolute Gasteiger partial charge is 0.258 e. The van der Waals surface area contributed by atoms with Crippen molar-refractivity contribution in [1.82, 2.24) is 15.0 Å². The molecule has 0 aliphatic heterocycles. The minimum absolute atomic E-state index is 0.0695. The van der Waals surface area contributed by atoms with E-state index in [1.807, 2.05) is 26.0 Å². The second kappa shape index (κ2) is 6.26. The van der Waals surface area contributed by atoms with Gasteiger partial charge in [-0.05, 0) is 38.1 Å². The highest BCUT2D eigenvalue weighted by molar-refractivity contribution is 7.19. The van der Waals surface area contributed by atoms with Crippen molar-refractivity contribution in [3.05, 3.63) is 59.8 Å². The second-order valence-corrected chi connectivity index (χ2v) is 6.18. The van der Waals surface area contributed by atoms with Crippen LogP contribution in [0.2, 0.25) is 0 Å². The summed E-state index contributed by atoms with van der Waals surface area (Å²) < 4.78 is 0. The number of amides is 1. The number of carbonyl (C=O) groups excluding carboxylic acids is 1. The van der Waals surface area contributed by atoms with Crippen LogP contribution in [-0.4, -0.2) is 27.9 Å². The van der Waals surface area contributed by atoms with Crippen molar-refractivity contribution in [2.75, 3.05) is 11.9 Å². The normalized spacial score (nSPS) is 10.6. The summed E-state index contributed by atoms with van der Waals surface area (Å²) in [6.45, 7) is 3.78. The fourth-order valence-electron chi connectivity index (χ4n) is 2.28. The first-order chi connectivity index (χ1) is 11.1. The number of aromatic nitrogens is 3. The molecule has 0 aromatic carbocycles. The highest BCUT2D eigenvalue weighted by atomic mass is 32.1. The van der Waals surface area contributed by atoms with Crippen LogP contribution in [-0.2, 0) is 0 Å². The molecule has 0 fully saturated rings. The van der Waals surface area contributed by atoms with Crippen molar-refractivity contribution < 1.29 is 4.79 Å². The molecule has 0 aliphatic carbocycles. The van der Waals surface area contributed by atoms with Crippen LogP contribution in [0.4, 0.5) is 5.00 Å². The number of pyridine rings is 2. The molecular weight excluding hydrogens is 308 g/mol. The summed E-state index contributed by atoms with van der Waals surface area (Å²) in [6.07, 6.45) is 5.15. The lowest BCUT2D eigenvalue weighted by molar-refractivity contribution is 0.0993. The van der Waals surface area contributed by atoms with Crippen LogP contribution < -0.4 is 4.90 Å². The van der Waals surface area contributed by atoms with Crippen molar-refractivity contribution >= 4 is 22.2 Å². The van der Waals surface area contributed by atoms with Gasteiger partial charge < -0.3 is 4.90 Å². The van der Waals surface area contributed by atoms with Gasteiger partial charge in [-0.1, -0.05) is 11.3 Å². The molecule has 3 aromatic heterocycles. The molecule has 0 unspecified atom stereocenters.